The molecule has 1 rings (SSSR count). The molecule has 1 heterocycles. The first-order valence-corrected chi connectivity index (χ1v) is 8.40. The largest absolute Gasteiger partial charge is 0.356 e. The van der Waals surface area contributed by atoms with Gasteiger partial charge in [0.25, 0.3) is 0 Å². The molecule has 2 N–H and O–H groups in total. The minimum atomic E-state index is 0.127. The third-order valence-electron chi connectivity index (χ3n) is 4.17. The van der Waals surface area contributed by atoms with Gasteiger partial charge in [-0.2, -0.15) is 0 Å². The molecule has 0 radical (unpaired) electrons. The van der Waals surface area contributed by atoms with Crippen molar-refractivity contribution in [2.75, 3.05) is 53.9 Å². The zero-order chi connectivity index (χ0) is 16.4. The van der Waals surface area contributed by atoms with E-state index in [9.17, 15) is 4.79 Å². The van der Waals surface area contributed by atoms with Gasteiger partial charge in [-0.3, -0.25) is 9.79 Å². The van der Waals surface area contributed by atoms with Crippen LogP contribution in [0.15, 0.2) is 4.99 Å². The second kappa shape index (κ2) is 10.4. The highest BCUT2D eigenvalue weighted by molar-refractivity contribution is 5.81. The van der Waals surface area contributed by atoms with E-state index in [-0.39, 0.29) is 5.91 Å². The summed E-state index contributed by atoms with van der Waals surface area (Å²) in [5.41, 5.74) is 0. The Hall–Kier alpha value is -1.30. The Morgan fingerprint density at radius 3 is 2.45 bits per heavy atom. The number of carbonyl (C=O) groups is 1. The Morgan fingerprint density at radius 2 is 1.86 bits per heavy atom. The van der Waals surface area contributed by atoms with Crippen molar-refractivity contribution in [3.05, 3.63) is 0 Å². The number of carbonyl (C=O) groups excluding carboxylic acids is 1. The van der Waals surface area contributed by atoms with Gasteiger partial charge < -0.3 is 20.4 Å². The van der Waals surface area contributed by atoms with Crippen LogP contribution in [0.5, 0.6) is 0 Å². The van der Waals surface area contributed by atoms with Crippen LogP contribution in [0.25, 0.3) is 0 Å². The maximum absolute atomic E-state index is 11.5. The Balaban J connectivity index is 2.07. The number of nitrogens with zero attached hydrogens (tertiary/aromatic N) is 3. The Bertz CT molecular complexity index is 348. The zero-order valence-corrected chi connectivity index (χ0v) is 14.7. The van der Waals surface area contributed by atoms with Crippen molar-refractivity contribution in [2.45, 2.75) is 32.6 Å². The molecule has 0 saturated carbocycles. The highest BCUT2D eigenvalue weighted by Crippen LogP contribution is 2.15. The first-order valence-electron chi connectivity index (χ1n) is 8.40. The van der Waals surface area contributed by atoms with Crippen molar-refractivity contribution < 1.29 is 4.79 Å². The predicted molar refractivity (Wildman–Crippen MR) is 92.1 cm³/mol. The van der Waals surface area contributed by atoms with E-state index in [1.54, 1.807) is 26.0 Å². The summed E-state index contributed by atoms with van der Waals surface area (Å²) < 4.78 is 0. The summed E-state index contributed by atoms with van der Waals surface area (Å²) >= 11 is 0. The lowest BCUT2D eigenvalue weighted by Gasteiger charge is -2.30. The second-order valence-electron chi connectivity index (χ2n) is 6.34. The van der Waals surface area contributed by atoms with Gasteiger partial charge in [-0.1, -0.05) is 6.92 Å². The van der Waals surface area contributed by atoms with Gasteiger partial charge in [-0.25, -0.2) is 0 Å². The Kier molecular flexibility index (Phi) is 8.89. The van der Waals surface area contributed by atoms with Gasteiger partial charge in [0.1, 0.15) is 0 Å². The average molecular weight is 311 g/mol. The summed E-state index contributed by atoms with van der Waals surface area (Å²) in [7, 11) is 5.31. The molecule has 1 aliphatic heterocycles. The molecule has 1 saturated heterocycles. The standard InChI is InChI=1S/C16H33N5O/c1-14-7-12-21(13-8-14)11-5-9-18-16(17-2)19-10-6-15(22)20(3)4/h14H,5-13H2,1-4H3,(H2,17,18,19). The van der Waals surface area contributed by atoms with Crippen LogP contribution in [0, 0.1) is 5.92 Å². The first kappa shape index (κ1) is 18.7. The molecule has 0 aromatic heterocycles. The predicted octanol–water partition coefficient (Wildman–Crippen LogP) is 0.752. The molecule has 0 spiro atoms. The highest BCUT2D eigenvalue weighted by atomic mass is 16.2. The van der Waals surface area contributed by atoms with Gasteiger partial charge >= 0.3 is 0 Å². The molecule has 0 atom stereocenters. The van der Waals surface area contributed by atoms with Gasteiger partial charge in [-0.15, -0.1) is 0 Å². The van der Waals surface area contributed by atoms with E-state index in [1.165, 1.54) is 25.9 Å². The van der Waals surface area contributed by atoms with Crippen LogP contribution in [0.2, 0.25) is 0 Å². The fourth-order valence-corrected chi connectivity index (χ4v) is 2.53. The molecule has 1 fully saturated rings. The molecule has 0 aromatic carbocycles. The van der Waals surface area contributed by atoms with Crippen LogP contribution in [0.4, 0.5) is 0 Å². The smallest absolute Gasteiger partial charge is 0.223 e. The lowest BCUT2D eigenvalue weighted by atomic mass is 9.99. The van der Waals surface area contributed by atoms with Crippen LogP contribution >= 0.6 is 0 Å². The quantitative estimate of drug-likeness (QED) is 0.414. The van der Waals surface area contributed by atoms with Crippen LogP contribution in [0.3, 0.4) is 0 Å². The molecule has 0 bridgehead atoms. The summed E-state index contributed by atoms with van der Waals surface area (Å²) in [6.07, 6.45) is 4.26. The van der Waals surface area contributed by atoms with Gasteiger partial charge in [0.15, 0.2) is 5.96 Å². The van der Waals surface area contributed by atoms with E-state index >= 15 is 0 Å². The molecule has 0 aliphatic carbocycles. The molecule has 0 unspecified atom stereocenters. The van der Waals surface area contributed by atoms with E-state index in [0.29, 0.717) is 13.0 Å². The zero-order valence-electron chi connectivity index (χ0n) is 14.7. The number of guanidine groups is 1. The molecule has 0 aromatic rings. The van der Waals surface area contributed by atoms with E-state index in [4.69, 9.17) is 0 Å². The number of nitrogens with one attached hydrogen (secondary N) is 2. The Labute approximate surface area is 135 Å². The fourth-order valence-electron chi connectivity index (χ4n) is 2.53. The lowest BCUT2D eigenvalue weighted by molar-refractivity contribution is -0.128. The average Bonchev–Trinajstić information content (AvgIpc) is 2.51. The fraction of sp³-hybridized carbons (Fsp3) is 0.875. The van der Waals surface area contributed by atoms with Gasteiger partial charge in [-0.05, 0) is 44.8 Å². The molecule has 128 valence electrons. The maximum Gasteiger partial charge on any atom is 0.223 e. The SMILES string of the molecule is CN=C(NCCCN1CCC(C)CC1)NCCC(=O)N(C)C. The monoisotopic (exact) mass is 311 g/mol. The number of piperidine rings is 1. The number of hydrogen-bond donors (Lipinski definition) is 2. The highest BCUT2D eigenvalue weighted by Gasteiger charge is 2.14. The molecule has 1 aliphatic rings. The summed E-state index contributed by atoms with van der Waals surface area (Å²) in [5.74, 6) is 1.79. The number of aliphatic imine (C=N–C) groups is 1. The van der Waals surface area contributed by atoms with Crippen molar-refractivity contribution in [3.63, 3.8) is 0 Å². The molecular formula is C16H33N5O. The molecular weight excluding hydrogens is 278 g/mol. The van der Waals surface area contributed by atoms with Crippen molar-refractivity contribution in [3.8, 4) is 0 Å². The van der Waals surface area contributed by atoms with Crippen molar-refractivity contribution >= 4 is 11.9 Å². The molecule has 6 heteroatoms. The third-order valence-corrected chi connectivity index (χ3v) is 4.17. The van der Waals surface area contributed by atoms with Crippen LogP contribution in [-0.2, 0) is 4.79 Å². The summed E-state index contributed by atoms with van der Waals surface area (Å²) in [4.78, 5) is 19.8. The summed E-state index contributed by atoms with van der Waals surface area (Å²) in [6.45, 7) is 7.49. The second-order valence-corrected chi connectivity index (χ2v) is 6.34. The number of rotatable bonds is 7. The van der Waals surface area contributed by atoms with E-state index in [2.05, 4.69) is 27.4 Å². The number of amides is 1. The van der Waals surface area contributed by atoms with E-state index in [0.717, 1.165) is 31.4 Å². The number of likely N-dealkylation sites (tertiary alicyclic amines) is 1. The first-order chi connectivity index (χ1) is 10.5. The maximum atomic E-state index is 11.5. The van der Waals surface area contributed by atoms with Gasteiger partial charge in [0.2, 0.25) is 5.91 Å². The van der Waals surface area contributed by atoms with Crippen LogP contribution < -0.4 is 10.6 Å². The van der Waals surface area contributed by atoms with Crippen LogP contribution in [0.1, 0.15) is 32.6 Å². The minimum Gasteiger partial charge on any atom is -0.356 e. The van der Waals surface area contributed by atoms with E-state index < -0.39 is 0 Å². The minimum absolute atomic E-state index is 0.127. The van der Waals surface area contributed by atoms with Crippen molar-refractivity contribution in [1.29, 1.82) is 0 Å². The normalized spacial score (nSPS) is 17.4. The molecule has 22 heavy (non-hydrogen) atoms. The van der Waals surface area contributed by atoms with Crippen molar-refractivity contribution in [1.82, 2.24) is 20.4 Å². The topological polar surface area (TPSA) is 60.0 Å². The van der Waals surface area contributed by atoms with Crippen molar-refractivity contribution in [2.24, 2.45) is 10.9 Å². The summed E-state index contributed by atoms with van der Waals surface area (Å²) in [5, 5.41) is 6.49. The number of hydrogen-bond acceptors (Lipinski definition) is 3. The van der Waals surface area contributed by atoms with Gasteiger partial charge in [0.05, 0.1) is 0 Å². The lowest BCUT2D eigenvalue weighted by Crippen LogP contribution is -2.41. The van der Waals surface area contributed by atoms with Gasteiger partial charge in [0, 0.05) is 40.7 Å². The summed E-state index contributed by atoms with van der Waals surface area (Å²) in [6, 6.07) is 0. The molecule has 1 amide bonds. The Morgan fingerprint density at radius 1 is 1.23 bits per heavy atom. The molecule has 6 nitrogen and oxygen atoms in total. The van der Waals surface area contributed by atoms with Crippen LogP contribution in [-0.4, -0.2) is 75.5 Å². The van der Waals surface area contributed by atoms with E-state index in [1.807, 2.05) is 0 Å². The third kappa shape index (κ3) is 7.64.